The van der Waals surface area contributed by atoms with E-state index in [0.717, 1.165) is 11.1 Å². The molecule has 0 aromatic heterocycles. The average molecular weight is 382 g/mol. The second kappa shape index (κ2) is 8.60. The minimum absolute atomic E-state index is 0.159. The van der Waals surface area contributed by atoms with Crippen molar-refractivity contribution < 1.29 is 14.6 Å². The van der Waals surface area contributed by atoms with Crippen molar-refractivity contribution in [3.63, 3.8) is 0 Å². The van der Waals surface area contributed by atoms with Gasteiger partial charge in [-0.05, 0) is 35.9 Å². The normalized spacial score (nSPS) is 10.4. The van der Waals surface area contributed by atoms with Gasteiger partial charge in [0.25, 0.3) is 5.91 Å². The van der Waals surface area contributed by atoms with Gasteiger partial charge in [-0.3, -0.25) is 4.79 Å². The highest BCUT2D eigenvalue weighted by Crippen LogP contribution is 2.24. The van der Waals surface area contributed by atoms with Gasteiger partial charge in [0.05, 0.1) is 5.56 Å². The highest BCUT2D eigenvalue weighted by atomic mass is 35.5. The Kier molecular flexibility index (Phi) is 5.99. The molecule has 0 unspecified atom stereocenters. The Morgan fingerprint density at radius 3 is 2.56 bits per heavy atom. The van der Waals surface area contributed by atoms with Crippen molar-refractivity contribution in [2.75, 3.05) is 7.05 Å². The second-order valence-electron chi connectivity index (χ2n) is 6.21. The van der Waals surface area contributed by atoms with Crippen molar-refractivity contribution >= 4 is 17.5 Å². The number of amides is 1. The summed E-state index contributed by atoms with van der Waals surface area (Å²) in [7, 11) is 1.72. The first-order valence-electron chi connectivity index (χ1n) is 8.53. The van der Waals surface area contributed by atoms with E-state index in [1.165, 1.54) is 0 Å². The van der Waals surface area contributed by atoms with Crippen LogP contribution >= 0.6 is 11.6 Å². The maximum absolute atomic E-state index is 12.9. The van der Waals surface area contributed by atoms with Crippen LogP contribution in [0.5, 0.6) is 11.5 Å². The minimum Gasteiger partial charge on any atom is -0.508 e. The van der Waals surface area contributed by atoms with Gasteiger partial charge in [-0.2, -0.15) is 0 Å². The SMILES string of the molecule is CN(Cc1cccc(O)c1)C(=O)c1ccccc1OCc1ccccc1Cl. The molecular formula is C22H20ClNO3. The first-order valence-corrected chi connectivity index (χ1v) is 8.91. The molecule has 0 saturated heterocycles. The van der Waals surface area contributed by atoms with Gasteiger partial charge in [0.1, 0.15) is 18.1 Å². The van der Waals surface area contributed by atoms with Gasteiger partial charge in [-0.15, -0.1) is 0 Å². The summed E-state index contributed by atoms with van der Waals surface area (Å²) in [4.78, 5) is 14.5. The van der Waals surface area contributed by atoms with Crippen LogP contribution in [0.2, 0.25) is 5.02 Å². The number of rotatable bonds is 6. The molecule has 1 amide bonds. The fraction of sp³-hybridized carbons (Fsp3) is 0.136. The molecule has 5 heteroatoms. The van der Waals surface area contributed by atoms with Crippen molar-refractivity contribution in [1.29, 1.82) is 0 Å². The third kappa shape index (κ3) is 4.80. The molecule has 3 aromatic carbocycles. The molecule has 0 bridgehead atoms. The third-order valence-electron chi connectivity index (χ3n) is 4.14. The summed E-state index contributed by atoms with van der Waals surface area (Å²) in [5.41, 5.74) is 2.18. The van der Waals surface area contributed by atoms with E-state index in [4.69, 9.17) is 16.3 Å². The highest BCUT2D eigenvalue weighted by Gasteiger charge is 2.17. The van der Waals surface area contributed by atoms with Crippen LogP contribution in [0, 0.1) is 0 Å². The smallest absolute Gasteiger partial charge is 0.257 e. The molecule has 0 radical (unpaired) electrons. The Morgan fingerprint density at radius 2 is 1.78 bits per heavy atom. The molecule has 27 heavy (non-hydrogen) atoms. The van der Waals surface area contributed by atoms with E-state index in [2.05, 4.69) is 0 Å². The lowest BCUT2D eigenvalue weighted by atomic mass is 10.1. The van der Waals surface area contributed by atoms with Crippen LogP contribution in [0.25, 0.3) is 0 Å². The van der Waals surface area contributed by atoms with Crippen LogP contribution in [0.4, 0.5) is 0 Å². The first kappa shape index (κ1) is 18.8. The summed E-state index contributed by atoms with van der Waals surface area (Å²) in [6.07, 6.45) is 0. The maximum Gasteiger partial charge on any atom is 0.257 e. The topological polar surface area (TPSA) is 49.8 Å². The van der Waals surface area contributed by atoms with Crippen LogP contribution in [-0.4, -0.2) is 23.0 Å². The van der Waals surface area contributed by atoms with Crippen LogP contribution in [0.15, 0.2) is 72.8 Å². The summed E-state index contributed by atoms with van der Waals surface area (Å²) in [5.74, 6) is 0.523. The van der Waals surface area contributed by atoms with E-state index < -0.39 is 0 Å². The number of nitrogens with zero attached hydrogens (tertiary/aromatic N) is 1. The quantitative estimate of drug-likeness (QED) is 0.660. The Hall–Kier alpha value is -2.98. The van der Waals surface area contributed by atoms with Crippen molar-refractivity contribution in [1.82, 2.24) is 4.90 Å². The molecule has 3 rings (SSSR count). The number of hydrogen-bond donors (Lipinski definition) is 1. The van der Waals surface area contributed by atoms with Gasteiger partial charge >= 0.3 is 0 Å². The van der Waals surface area contributed by atoms with Gasteiger partial charge < -0.3 is 14.7 Å². The number of phenols is 1. The molecule has 0 aliphatic carbocycles. The molecule has 0 aliphatic heterocycles. The van der Waals surface area contributed by atoms with Crippen molar-refractivity contribution in [3.8, 4) is 11.5 Å². The lowest BCUT2D eigenvalue weighted by molar-refractivity contribution is 0.0780. The van der Waals surface area contributed by atoms with Crippen LogP contribution in [-0.2, 0) is 13.2 Å². The zero-order chi connectivity index (χ0) is 19.2. The van der Waals surface area contributed by atoms with Crippen LogP contribution < -0.4 is 4.74 Å². The number of ether oxygens (including phenoxy) is 1. The third-order valence-corrected chi connectivity index (χ3v) is 4.50. The number of aromatic hydroxyl groups is 1. The van der Waals surface area contributed by atoms with E-state index in [1.54, 1.807) is 54.4 Å². The zero-order valence-electron chi connectivity index (χ0n) is 14.9. The molecule has 0 heterocycles. The van der Waals surface area contributed by atoms with E-state index in [1.807, 2.05) is 30.3 Å². The fourth-order valence-corrected chi connectivity index (χ4v) is 2.94. The van der Waals surface area contributed by atoms with Crippen molar-refractivity contribution in [3.05, 3.63) is 94.5 Å². The molecular weight excluding hydrogens is 362 g/mol. The van der Waals surface area contributed by atoms with Gasteiger partial charge in [0.15, 0.2) is 0 Å². The second-order valence-corrected chi connectivity index (χ2v) is 6.61. The monoisotopic (exact) mass is 381 g/mol. The predicted octanol–water partition coefficient (Wildman–Crippen LogP) is 4.90. The Labute approximate surface area is 163 Å². The number of hydrogen-bond acceptors (Lipinski definition) is 3. The molecule has 0 aliphatic rings. The molecule has 3 aromatic rings. The number of phenolic OH excluding ortho intramolecular Hbond substituents is 1. The molecule has 138 valence electrons. The van der Waals surface area contributed by atoms with E-state index in [9.17, 15) is 9.90 Å². The fourth-order valence-electron chi connectivity index (χ4n) is 2.75. The summed E-state index contributed by atoms with van der Waals surface area (Å²) >= 11 is 6.17. The van der Waals surface area contributed by atoms with Crippen molar-refractivity contribution in [2.45, 2.75) is 13.2 Å². The van der Waals surface area contributed by atoms with Gasteiger partial charge in [0, 0.05) is 24.2 Å². The first-order chi connectivity index (χ1) is 13.0. The zero-order valence-corrected chi connectivity index (χ0v) is 15.7. The van der Waals surface area contributed by atoms with E-state index in [-0.39, 0.29) is 18.3 Å². The number of benzene rings is 3. The standard InChI is InChI=1S/C22H20ClNO3/c1-24(14-16-7-6-9-18(25)13-16)22(26)19-10-3-5-12-21(19)27-15-17-8-2-4-11-20(17)23/h2-13,25H,14-15H2,1H3. The largest absolute Gasteiger partial charge is 0.508 e. The van der Waals surface area contributed by atoms with Crippen LogP contribution in [0.1, 0.15) is 21.5 Å². The number of carbonyl (C=O) groups is 1. The molecule has 4 nitrogen and oxygen atoms in total. The van der Waals surface area contributed by atoms with Crippen LogP contribution in [0.3, 0.4) is 0 Å². The lowest BCUT2D eigenvalue weighted by Gasteiger charge is -2.19. The van der Waals surface area contributed by atoms with Gasteiger partial charge in [0.2, 0.25) is 0 Å². The Morgan fingerprint density at radius 1 is 1.04 bits per heavy atom. The number of carbonyl (C=O) groups excluding carboxylic acids is 1. The van der Waals surface area contributed by atoms with E-state index >= 15 is 0 Å². The summed E-state index contributed by atoms with van der Waals surface area (Å²) in [5, 5.41) is 10.2. The molecule has 0 atom stereocenters. The molecule has 0 fully saturated rings. The summed E-state index contributed by atoms with van der Waals surface area (Å²) in [6, 6.07) is 21.5. The van der Waals surface area contributed by atoms with Gasteiger partial charge in [-0.1, -0.05) is 54.1 Å². The highest BCUT2D eigenvalue weighted by molar-refractivity contribution is 6.31. The van der Waals surface area contributed by atoms with Crippen molar-refractivity contribution in [2.24, 2.45) is 0 Å². The number of halogens is 1. The lowest BCUT2D eigenvalue weighted by Crippen LogP contribution is -2.26. The molecule has 0 spiro atoms. The minimum atomic E-state index is -0.159. The molecule has 1 N–H and O–H groups in total. The van der Waals surface area contributed by atoms with E-state index in [0.29, 0.717) is 22.9 Å². The number of para-hydroxylation sites is 1. The Bertz CT molecular complexity index is 942. The summed E-state index contributed by atoms with van der Waals surface area (Å²) < 4.78 is 5.87. The van der Waals surface area contributed by atoms with Gasteiger partial charge in [-0.25, -0.2) is 0 Å². The maximum atomic E-state index is 12.9. The summed E-state index contributed by atoms with van der Waals surface area (Å²) in [6.45, 7) is 0.659. The molecule has 0 saturated carbocycles. The Balaban J connectivity index is 1.74. The average Bonchev–Trinajstić information content (AvgIpc) is 2.67. The predicted molar refractivity (Wildman–Crippen MR) is 106 cm³/mol.